The molecule has 2 heterocycles. The van der Waals surface area contributed by atoms with Crippen molar-refractivity contribution in [3.8, 4) is 0 Å². The standard InChI is InChI=1S/C23H36BrN3O6/c1-21(2,3)17(25-20(30)31-14-9-7-8-10-14)18(28)27-13-23(12-16(24)26-33-23)11-15(27)19(29)32-22(4,5)6/h12,14-15,17,26H,7-11,13H2,1-6H3,(H,25,30)/t15-,17+,23-/m0/s1. The number of esters is 1. The maximum absolute atomic E-state index is 13.8. The summed E-state index contributed by atoms with van der Waals surface area (Å²) in [7, 11) is 0. The first-order chi connectivity index (χ1) is 15.2. The molecule has 0 aromatic rings. The predicted molar refractivity (Wildman–Crippen MR) is 125 cm³/mol. The van der Waals surface area contributed by atoms with Crippen molar-refractivity contribution in [3.63, 3.8) is 0 Å². The highest BCUT2D eigenvalue weighted by molar-refractivity contribution is 9.11. The van der Waals surface area contributed by atoms with Crippen LogP contribution in [0.15, 0.2) is 10.7 Å². The van der Waals surface area contributed by atoms with Crippen LogP contribution in [0.5, 0.6) is 0 Å². The number of halogens is 1. The van der Waals surface area contributed by atoms with Crippen LogP contribution in [0, 0.1) is 5.41 Å². The van der Waals surface area contributed by atoms with Gasteiger partial charge in [-0.25, -0.2) is 9.59 Å². The van der Waals surface area contributed by atoms with Crippen LogP contribution in [0.1, 0.15) is 73.6 Å². The quantitative estimate of drug-likeness (QED) is 0.423. The molecule has 3 aliphatic rings. The van der Waals surface area contributed by atoms with Gasteiger partial charge in [0.25, 0.3) is 0 Å². The van der Waals surface area contributed by atoms with Gasteiger partial charge in [0.1, 0.15) is 34.0 Å². The number of ether oxygens (including phenoxy) is 2. The summed E-state index contributed by atoms with van der Waals surface area (Å²) >= 11 is 3.35. The maximum atomic E-state index is 13.8. The molecule has 0 unspecified atom stereocenters. The van der Waals surface area contributed by atoms with E-state index in [0.29, 0.717) is 4.61 Å². The minimum Gasteiger partial charge on any atom is -0.458 e. The number of rotatable bonds is 4. The summed E-state index contributed by atoms with van der Waals surface area (Å²) in [6, 6.07) is -1.75. The Morgan fingerprint density at radius 3 is 2.36 bits per heavy atom. The summed E-state index contributed by atoms with van der Waals surface area (Å²) in [5.41, 5.74) is 0.549. The van der Waals surface area contributed by atoms with Crippen molar-refractivity contribution in [1.82, 2.24) is 15.7 Å². The third kappa shape index (κ3) is 6.41. The van der Waals surface area contributed by atoms with Crippen LogP contribution in [0.25, 0.3) is 0 Å². The summed E-state index contributed by atoms with van der Waals surface area (Å²) in [6.45, 7) is 11.1. The number of amides is 2. The molecule has 2 aliphatic heterocycles. The molecular weight excluding hydrogens is 494 g/mol. The molecule has 2 N–H and O–H groups in total. The van der Waals surface area contributed by atoms with E-state index in [9.17, 15) is 14.4 Å². The fourth-order valence-electron chi connectivity index (χ4n) is 4.46. The highest BCUT2D eigenvalue weighted by Gasteiger charge is 2.54. The van der Waals surface area contributed by atoms with Crippen LogP contribution in [0.2, 0.25) is 0 Å². The molecule has 1 saturated heterocycles. The Labute approximate surface area is 204 Å². The molecule has 0 bridgehead atoms. The van der Waals surface area contributed by atoms with Crippen molar-refractivity contribution < 1.29 is 28.7 Å². The Bertz CT molecular complexity index is 812. The summed E-state index contributed by atoms with van der Waals surface area (Å²) in [5, 5.41) is 2.77. The maximum Gasteiger partial charge on any atom is 0.408 e. The lowest BCUT2D eigenvalue weighted by Gasteiger charge is -2.35. The summed E-state index contributed by atoms with van der Waals surface area (Å²) < 4.78 is 11.8. The lowest BCUT2D eigenvalue weighted by atomic mass is 9.85. The topological polar surface area (TPSA) is 106 Å². The molecule has 10 heteroatoms. The van der Waals surface area contributed by atoms with Crippen molar-refractivity contribution in [1.29, 1.82) is 0 Å². The van der Waals surface area contributed by atoms with Crippen molar-refractivity contribution in [2.24, 2.45) is 5.41 Å². The number of carbonyl (C=O) groups excluding carboxylic acids is 3. The number of nitrogens with one attached hydrogen (secondary N) is 2. The van der Waals surface area contributed by atoms with Gasteiger partial charge in [-0.15, -0.1) is 0 Å². The van der Waals surface area contributed by atoms with Gasteiger partial charge >= 0.3 is 12.1 Å². The first-order valence-electron chi connectivity index (χ1n) is 11.5. The Kier molecular flexibility index (Phi) is 7.39. The molecule has 9 nitrogen and oxygen atoms in total. The van der Waals surface area contributed by atoms with Crippen molar-refractivity contribution >= 4 is 33.9 Å². The van der Waals surface area contributed by atoms with Crippen LogP contribution >= 0.6 is 15.9 Å². The molecule has 33 heavy (non-hydrogen) atoms. The summed E-state index contributed by atoms with van der Waals surface area (Å²) in [6.07, 6.45) is 5.05. The van der Waals surface area contributed by atoms with Gasteiger partial charge in [-0.1, -0.05) is 20.8 Å². The van der Waals surface area contributed by atoms with E-state index in [0.717, 1.165) is 25.7 Å². The third-order valence-electron chi connectivity index (χ3n) is 6.01. The minimum atomic E-state index is -0.895. The molecule has 0 aromatic heterocycles. The molecule has 1 spiro atoms. The second-order valence-electron chi connectivity index (χ2n) is 11.2. The molecule has 2 amide bonds. The number of hydrogen-bond donors (Lipinski definition) is 2. The highest BCUT2D eigenvalue weighted by Crippen LogP contribution is 2.38. The van der Waals surface area contributed by atoms with Gasteiger partial charge in [-0.3, -0.25) is 15.1 Å². The van der Waals surface area contributed by atoms with Crippen LogP contribution in [0.3, 0.4) is 0 Å². The first-order valence-corrected chi connectivity index (χ1v) is 12.3. The molecular formula is C23H36BrN3O6. The second-order valence-corrected chi connectivity index (χ2v) is 12.1. The number of carbonyl (C=O) groups is 3. The number of nitrogens with zero attached hydrogens (tertiary/aromatic N) is 1. The summed E-state index contributed by atoms with van der Waals surface area (Å²) in [5.74, 6) is -0.882. The van der Waals surface area contributed by atoms with E-state index in [4.69, 9.17) is 14.3 Å². The van der Waals surface area contributed by atoms with E-state index in [2.05, 4.69) is 26.7 Å². The van der Waals surface area contributed by atoms with E-state index in [-0.39, 0.29) is 25.0 Å². The highest BCUT2D eigenvalue weighted by atomic mass is 79.9. The van der Waals surface area contributed by atoms with E-state index in [1.54, 1.807) is 20.8 Å². The van der Waals surface area contributed by atoms with E-state index in [1.807, 2.05) is 26.8 Å². The zero-order valence-corrected chi connectivity index (χ0v) is 21.9. The van der Waals surface area contributed by atoms with E-state index in [1.165, 1.54) is 4.90 Å². The van der Waals surface area contributed by atoms with Gasteiger partial charge < -0.3 is 19.7 Å². The third-order valence-corrected chi connectivity index (χ3v) is 6.40. The van der Waals surface area contributed by atoms with Gasteiger partial charge in [0.2, 0.25) is 5.91 Å². The van der Waals surface area contributed by atoms with Crippen molar-refractivity contribution in [2.45, 2.75) is 103 Å². The second kappa shape index (κ2) is 9.44. The van der Waals surface area contributed by atoms with Gasteiger partial charge in [0.05, 0.1) is 6.54 Å². The zero-order chi connectivity index (χ0) is 24.6. The number of alkyl carbamates (subject to hydrolysis) is 1. The molecule has 3 rings (SSSR count). The molecule has 3 atom stereocenters. The average molecular weight is 530 g/mol. The van der Waals surface area contributed by atoms with Crippen LogP contribution in [0.4, 0.5) is 4.79 Å². The van der Waals surface area contributed by atoms with Gasteiger partial charge in [0.15, 0.2) is 0 Å². The minimum absolute atomic E-state index is 0.120. The Morgan fingerprint density at radius 2 is 1.85 bits per heavy atom. The Balaban J connectivity index is 1.83. The monoisotopic (exact) mass is 529 g/mol. The fourth-order valence-corrected chi connectivity index (χ4v) is 4.95. The number of likely N-dealkylation sites (tertiary alicyclic amines) is 1. The smallest absolute Gasteiger partial charge is 0.408 e. The molecule has 0 aromatic carbocycles. The first kappa shape index (κ1) is 25.8. The van der Waals surface area contributed by atoms with Crippen molar-refractivity contribution in [3.05, 3.63) is 10.7 Å². The van der Waals surface area contributed by atoms with Crippen LogP contribution in [-0.4, -0.2) is 58.8 Å². The number of hydroxylamine groups is 1. The lowest BCUT2D eigenvalue weighted by molar-refractivity contribution is -0.164. The predicted octanol–water partition coefficient (Wildman–Crippen LogP) is 3.52. The Morgan fingerprint density at radius 1 is 1.21 bits per heavy atom. The van der Waals surface area contributed by atoms with Gasteiger partial charge in [0, 0.05) is 6.42 Å². The lowest BCUT2D eigenvalue weighted by Crippen LogP contribution is -2.57. The van der Waals surface area contributed by atoms with Crippen molar-refractivity contribution in [2.75, 3.05) is 6.54 Å². The van der Waals surface area contributed by atoms with Gasteiger partial charge in [-0.2, -0.15) is 0 Å². The molecule has 0 radical (unpaired) electrons. The van der Waals surface area contributed by atoms with E-state index >= 15 is 0 Å². The van der Waals surface area contributed by atoms with Crippen LogP contribution < -0.4 is 10.8 Å². The molecule has 2 fully saturated rings. The molecule has 186 valence electrons. The van der Waals surface area contributed by atoms with Gasteiger partial charge in [-0.05, 0) is 73.9 Å². The Hall–Kier alpha value is -1.81. The van der Waals surface area contributed by atoms with Crippen LogP contribution in [-0.2, 0) is 23.9 Å². The molecule has 1 aliphatic carbocycles. The largest absolute Gasteiger partial charge is 0.458 e. The average Bonchev–Trinajstić information content (AvgIpc) is 3.38. The fraction of sp³-hybridized carbons (Fsp3) is 0.783. The SMILES string of the molecule is CC(C)(C)OC(=O)[C@@H]1C[C@]2(C=C(Br)NO2)CN1C(=O)[C@@H](NC(=O)OC1CCCC1)C(C)(C)C. The summed E-state index contributed by atoms with van der Waals surface area (Å²) in [4.78, 5) is 46.7. The van der Waals surface area contributed by atoms with E-state index < -0.39 is 40.8 Å². The normalized spacial score (nSPS) is 26.7. The number of hydrogen-bond acceptors (Lipinski definition) is 7. The molecule has 1 saturated carbocycles. The zero-order valence-electron chi connectivity index (χ0n) is 20.3.